The highest BCUT2D eigenvalue weighted by atomic mass is 16.3. The third-order valence-electron chi connectivity index (χ3n) is 2.83. The summed E-state index contributed by atoms with van der Waals surface area (Å²) in [7, 11) is 4.25. The van der Waals surface area contributed by atoms with Crippen LogP contribution in [0.1, 0.15) is 11.7 Å². The predicted molar refractivity (Wildman–Crippen MR) is 56.1 cm³/mol. The zero-order valence-electron chi connectivity index (χ0n) is 8.64. The zero-order chi connectivity index (χ0) is 10.1. The van der Waals surface area contributed by atoms with Crippen molar-refractivity contribution in [2.24, 2.45) is 0 Å². The van der Waals surface area contributed by atoms with Crippen LogP contribution in [0.15, 0.2) is 24.3 Å². The van der Waals surface area contributed by atoms with Gasteiger partial charge in [-0.15, -0.1) is 0 Å². The lowest BCUT2D eigenvalue weighted by Gasteiger charge is -2.25. The first-order chi connectivity index (χ1) is 6.68. The topological polar surface area (TPSA) is 26.7 Å². The summed E-state index contributed by atoms with van der Waals surface area (Å²) in [6.45, 7) is 2.20. The molecule has 1 aliphatic rings. The molecule has 0 amide bonds. The molecule has 0 radical (unpaired) electrons. The van der Waals surface area contributed by atoms with E-state index in [9.17, 15) is 5.11 Å². The highest BCUT2D eigenvalue weighted by Gasteiger charge is 2.27. The Labute approximate surface area is 84.6 Å². The molecule has 0 saturated carbocycles. The maximum absolute atomic E-state index is 9.20. The van der Waals surface area contributed by atoms with Gasteiger partial charge in [0.2, 0.25) is 0 Å². The summed E-state index contributed by atoms with van der Waals surface area (Å²) in [4.78, 5) is 4.62. The van der Waals surface area contributed by atoms with Gasteiger partial charge in [-0.05, 0) is 31.8 Å². The largest absolute Gasteiger partial charge is 0.508 e. The van der Waals surface area contributed by atoms with Gasteiger partial charge in [0.25, 0.3) is 0 Å². The number of nitrogens with zero attached hydrogens (tertiary/aromatic N) is 2. The minimum absolute atomic E-state index is 0.331. The summed E-state index contributed by atoms with van der Waals surface area (Å²) < 4.78 is 0. The zero-order valence-corrected chi connectivity index (χ0v) is 8.64. The number of likely N-dealkylation sites (N-methyl/N-ethyl adjacent to an activating group) is 2. The van der Waals surface area contributed by atoms with Crippen molar-refractivity contribution in [3.05, 3.63) is 29.8 Å². The summed E-state index contributed by atoms with van der Waals surface area (Å²) >= 11 is 0. The molecule has 3 heteroatoms. The normalized spacial score (nSPS) is 20.4. The number of phenolic OH excluding ortho intramolecular Hbond substituents is 1. The second-order valence-electron chi connectivity index (χ2n) is 3.93. The first-order valence-electron chi connectivity index (χ1n) is 4.88. The van der Waals surface area contributed by atoms with E-state index in [1.165, 1.54) is 5.56 Å². The Hall–Kier alpha value is -1.06. The average Bonchev–Trinajstić information content (AvgIpc) is 2.49. The summed E-state index contributed by atoms with van der Waals surface area (Å²) in [5.41, 5.74) is 1.24. The molecule has 3 nitrogen and oxygen atoms in total. The van der Waals surface area contributed by atoms with E-state index < -0.39 is 0 Å². The fourth-order valence-electron chi connectivity index (χ4n) is 2.05. The van der Waals surface area contributed by atoms with E-state index in [2.05, 4.69) is 23.9 Å². The van der Waals surface area contributed by atoms with Crippen molar-refractivity contribution in [2.75, 3.05) is 27.2 Å². The fourth-order valence-corrected chi connectivity index (χ4v) is 2.05. The van der Waals surface area contributed by atoms with Crippen molar-refractivity contribution in [2.45, 2.75) is 6.17 Å². The van der Waals surface area contributed by atoms with Crippen molar-refractivity contribution in [3.8, 4) is 5.75 Å². The molecule has 1 aromatic carbocycles. The van der Waals surface area contributed by atoms with E-state index in [-0.39, 0.29) is 0 Å². The Kier molecular flexibility index (Phi) is 2.44. The quantitative estimate of drug-likeness (QED) is 0.726. The molecule has 0 unspecified atom stereocenters. The van der Waals surface area contributed by atoms with Gasteiger partial charge in [0.1, 0.15) is 5.75 Å². The molecule has 1 N–H and O–H groups in total. The third kappa shape index (κ3) is 1.61. The third-order valence-corrected chi connectivity index (χ3v) is 2.83. The van der Waals surface area contributed by atoms with Gasteiger partial charge < -0.3 is 5.11 Å². The van der Waals surface area contributed by atoms with E-state index in [0.29, 0.717) is 11.9 Å². The molecule has 1 fully saturated rings. The van der Waals surface area contributed by atoms with Crippen molar-refractivity contribution in [1.82, 2.24) is 9.80 Å². The van der Waals surface area contributed by atoms with Crippen LogP contribution < -0.4 is 0 Å². The van der Waals surface area contributed by atoms with Crippen LogP contribution in [0.4, 0.5) is 0 Å². The van der Waals surface area contributed by atoms with Gasteiger partial charge in [0.05, 0.1) is 6.17 Å². The number of rotatable bonds is 1. The van der Waals surface area contributed by atoms with E-state index >= 15 is 0 Å². The van der Waals surface area contributed by atoms with Crippen molar-refractivity contribution in [1.29, 1.82) is 0 Å². The molecule has 0 spiro atoms. The van der Waals surface area contributed by atoms with Gasteiger partial charge in [0, 0.05) is 13.1 Å². The number of hydrogen-bond acceptors (Lipinski definition) is 3. The first-order valence-corrected chi connectivity index (χ1v) is 4.88. The molecule has 1 aliphatic heterocycles. The lowest BCUT2D eigenvalue weighted by Crippen LogP contribution is -2.25. The standard InChI is InChI=1S/C11H16N2O/c1-12-7-8-13(2)11(12)9-3-5-10(14)6-4-9/h3-6,11,14H,7-8H2,1-2H3. The van der Waals surface area contributed by atoms with Gasteiger partial charge in [0.15, 0.2) is 0 Å². The van der Waals surface area contributed by atoms with Crippen molar-refractivity contribution < 1.29 is 5.11 Å². The molecule has 0 aliphatic carbocycles. The van der Waals surface area contributed by atoms with E-state index in [1.807, 2.05) is 12.1 Å². The Morgan fingerprint density at radius 1 is 1.07 bits per heavy atom. The maximum Gasteiger partial charge on any atom is 0.115 e. The molecule has 1 heterocycles. The van der Waals surface area contributed by atoms with Crippen LogP contribution in [0.2, 0.25) is 0 Å². The number of benzene rings is 1. The number of phenols is 1. The van der Waals surface area contributed by atoms with Crippen molar-refractivity contribution >= 4 is 0 Å². The molecule has 76 valence electrons. The van der Waals surface area contributed by atoms with E-state index in [4.69, 9.17) is 0 Å². The molecular formula is C11H16N2O. The van der Waals surface area contributed by atoms with Crippen LogP contribution in [0.3, 0.4) is 0 Å². The molecule has 0 atom stereocenters. The van der Waals surface area contributed by atoms with Crippen LogP contribution in [0.5, 0.6) is 5.75 Å². The second kappa shape index (κ2) is 3.59. The van der Waals surface area contributed by atoms with Crippen molar-refractivity contribution in [3.63, 3.8) is 0 Å². The smallest absolute Gasteiger partial charge is 0.115 e. The molecule has 14 heavy (non-hydrogen) atoms. The molecule has 0 bridgehead atoms. The Bertz CT molecular complexity index is 300. The molecule has 0 aromatic heterocycles. The number of hydrogen-bond donors (Lipinski definition) is 1. The van der Waals surface area contributed by atoms with Crippen LogP contribution in [-0.4, -0.2) is 42.1 Å². The Balaban J connectivity index is 2.25. The van der Waals surface area contributed by atoms with Crippen LogP contribution in [-0.2, 0) is 0 Å². The minimum atomic E-state index is 0.331. The SMILES string of the molecule is CN1CCN(C)C1c1ccc(O)cc1. The fraction of sp³-hybridized carbons (Fsp3) is 0.455. The van der Waals surface area contributed by atoms with Crippen LogP contribution >= 0.6 is 0 Å². The molecule has 2 rings (SSSR count). The Morgan fingerprint density at radius 3 is 2.07 bits per heavy atom. The minimum Gasteiger partial charge on any atom is -0.508 e. The lowest BCUT2D eigenvalue weighted by atomic mass is 10.1. The highest BCUT2D eigenvalue weighted by Crippen LogP contribution is 2.27. The van der Waals surface area contributed by atoms with Crippen LogP contribution in [0.25, 0.3) is 0 Å². The van der Waals surface area contributed by atoms with Gasteiger partial charge in [-0.1, -0.05) is 12.1 Å². The number of aromatic hydroxyl groups is 1. The van der Waals surface area contributed by atoms with E-state index in [0.717, 1.165) is 13.1 Å². The summed E-state index contributed by atoms with van der Waals surface area (Å²) in [5.74, 6) is 0.331. The molecule has 1 saturated heterocycles. The monoisotopic (exact) mass is 192 g/mol. The Morgan fingerprint density at radius 2 is 1.57 bits per heavy atom. The summed E-state index contributed by atoms with van der Waals surface area (Å²) in [5, 5.41) is 9.20. The van der Waals surface area contributed by atoms with Gasteiger partial charge in [-0.3, -0.25) is 9.80 Å². The highest BCUT2D eigenvalue weighted by molar-refractivity contribution is 5.28. The lowest BCUT2D eigenvalue weighted by molar-refractivity contribution is 0.190. The van der Waals surface area contributed by atoms with Crippen LogP contribution in [0, 0.1) is 0 Å². The summed E-state index contributed by atoms with van der Waals surface area (Å²) in [6.07, 6.45) is 0.357. The first kappa shape index (κ1) is 9.49. The van der Waals surface area contributed by atoms with Gasteiger partial charge >= 0.3 is 0 Å². The van der Waals surface area contributed by atoms with E-state index in [1.54, 1.807) is 12.1 Å². The molecular weight excluding hydrogens is 176 g/mol. The summed E-state index contributed by atoms with van der Waals surface area (Å²) in [6, 6.07) is 7.46. The molecule has 1 aromatic rings. The van der Waals surface area contributed by atoms with Gasteiger partial charge in [-0.25, -0.2) is 0 Å². The van der Waals surface area contributed by atoms with Gasteiger partial charge in [-0.2, -0.15) is 0 Å². The predicted octanol–water partition coefficient (Wildman–Crippen LogP) is 1.27. The second-order valence-corrected chi connectivity index (χ2v) is 3.93. The average molecular weight is 192 g/mol. The maximum atomic E-state index is 9.20.